The predicted molar refractivity (Wildman–Crippen MR) is 171 cm³/mol. The fourth-order valence-electron chi connectivity index (χ4n) is 3.89. The summed E-state index contributed by atoms with van der Waals surface area (Å²) in [5, 5.41) is 60.9. The van der Waals surface area contributed by atoms with Gasteiger partial charge in [-0.2, -0.15) is 0 Å². The number of aliphatic hydroxyl groups is 4. The number of carboxylic acids is 1. The summed E-state index contributed by atoms with van der Waals surface area (Å²) >= 11 is 0. The molecule has 0 bridgehead atoms. The smallest absolute Gasteiger partial charge is 0.326 e. The van der Waals surface area contributed by atoms with E-state index in [1.165, 1.54) is 6.92 Å². The molecule has 0 radical (unpaired) electrons. The number of carbonyl (C=O) groups is 7. The minimum absolute atomic E-state index is 0.00494. The van der Waals surface area contributed by atoms with Gasteiger partial charge >= 0.3 is 5.97 Å². The SMILES string of the molecule is CC(C)C[C@H](NC(=O)[C@H](CO)NC(=O)CNC(=O)[C@H](CO)NC(=O)[C@@H](N)[C@@H](C)O)C(=O)N[C@@H](CO)C(=O)N[C@@H](CCCN=C(N)N)C(=O)O. The number of carboxylic acid groups (broad SMARTS) is 1. The van der Waals surface area contributed by atoms with Crippen molar-refractivity contribution in [3.63, 3.8) is 0 Å². The molecule has 0 aliphatic rings. The number of hydrogen-bond acceptors (Lipinski definition) is 13. The molecule has 0 fully saturated rings. The summed E-state index contributed by atoms with van der Waals surface area (Å²) in [7, 11) is 0. The third-order valence-electron chi connectivity index (χ3n) is 6.61. The molecule has 0 heterocycles. The highest BCUT2D eigenvalue weighted by Crippen LogP contribution is 2.07. The molecule has 22 nitrogen and oxygen atoms in total. The van der Waals surface area contributed by atoms with Gasteiger partial charge in [-0.1, -0.05) is 13.8 Å². The number of nitrogens with zero attached hydrogens (tertiary/aromatic N) is 1. The third-order valence-corrected chi connectivity index (χ3v) is 6.61. The zero-order valence-corrected chi connectivity index (χ0v) is 27.5. The van der Waals surface area contributed by atoms with Gasteiger partial charge in [0.15, 0.2) is 5.96 Å². The molecule has 0 aliphatic carbocycles. The van der Waals surface area contributed by atoms with E-state index in [9.17, 15) is 59.1 Å². The molecule has 0 spiro atoms. The zero-order chi connectivity index (χ0) is 37.8. The average Bonchev–Trinajstić information content (AvgIpc) is 3.03. The van der Waals surface area contributed by atoms with Crippen molar-refractivity contribution >= 4 is 47.4 Å². The molecule has 0 saturated carbocycles. The molecule has 0 aromatic rings. The average molecular weight is 707 g/mol. The summed E-state index contributed by atoms with van der Waals surface area (Å²) in [5.41, 5.74) is 15.9. The van der Waals surface area contributed by atoms with Gasteiger partial charge in [0.05, 0.1) is 32.5 Å². The number of aliphatic imine (C=N–C) groups is 1. The molecule has 0 saturated heterocycles. The second kappa shape index (κ2) is 22.8. The standard InChI is InChI=1S/C27H50N10O12/c1-12(2)7-15(22(44)36-18(11-40)24(46)34-14(26(48)49)5-4-6-31-27(29)30)35-23(45)17(10-39)33-19(42)8-32-21(43)16(9-38)37-25(47)20(28)13(3)41/h12-18,20,38-41H,4-11,28H2,1-3H3,(H,32,43)(H,33,42)(H,34,46)(H,35,45)(H,36,44)(H,37,47)(H,48,49)(H4,29,30,31)/t13-,14+,15+,16+,17+,18+,20+/m1/s1. The lowest BCUT2D eigenvalue weighted by Crippen LogP contribution is -2.59. The molecule has 0 aliphatic heterocycles. The van der Waals surface area contributed by atoms with Gasteiger partial charge in [-0.05, 0) is 32.1 Å². The number of nitrogens with two attached hydrogens (primary N) is 3. The Bertz CT molecular complexity index is 1170. The monoisotopic (exact) mass is 706 g/mol. The van der Waals surface area contributed by atoms with Crippen LogP contribution < -0.4 is 49.1 Å². The van der Waals surface area contributed by atoms with E-state index >= 15 is 0 Å². The lowest BCUT2D eigenvalue weighted by atomic mass is 10.0. The fourth-order valence-corrected chi connectivity index (χ4v) is 3.89. The highest BCUT2D eigenvalue weighted by molar-refractivity contribution is 5.96. The van der Waals surface area contributed by atoms with Crippen molar-refractivity contribution in [2.45, 2.75) is 82.4 Å². The minimum Gasteiger partial charge on any atom is -0.480 e. The van der Waals surface area contributed by atoms with Gasteiger partial charge in [-0.25, -0.2) is 4.79 Å². The van der Waals surface area contributed by atoms with Crippen LogP contribution >= 0.6 is 0 Å². The molecule has 280 valence electrons. The molecule has 7 atom stereocenters. The Kier molecular flexibility index (Phi) is 20.7. The first-order valence-electron chi connectivity index (χ1n) is 15.2. The molecule has 22 heteroatoms. The summed E-state index contributed by atoms with van der Waals surface area (Å²) in [6, 6.07) is -8.93. The van der Waals surface area contributed by atoms with Crippen molar-refractivity contribution in [1.82, 2.24) is 31.9 Å². The molecule has 49 heavy (non-hydrogen) atoms. The van der Waals surface area contributed by atoms with Crippen LogP contribution in [0.1, 0.15) is 40.0 Å². The van der Waals surface area contributed by atoms with E-state index in [0.29, 0.717) is 0 Å². The summed E-state index contributed by atoms with van der Waals surface area (Å²) in [5.74, 6) is -7.76. The lowest BCUT2D eigenvalue weighted by Gasteiger charge is -2.26. The van der Waals surface area contributed by atoms with Crippen LogP contribution in [0.5, 0.6) is 0 Å². The summed E-state index contributed by atoms with van der Waals surface area (Å²) in [4.78, 5) is 90.8. The normalized spacial score (nSPS) is 15.2. The molecular formula is C27H50N10O12. The first kappa shape index (κ1) is 44.4. The lowest BCUT2D eigenvalue weighted by molar-refractivity contribution is -0.142. The van der Waals surface area contributed by atoms with Gasteiger partial charge in [0.25, 0.3) is 0 Å². The Labute approximate surface area is 282 Å². The van der Waals surface area contributed by atoms with E-state index in [4.69, 9.17) is 17.2 Å². The van der Waals surface area contributed by atoms with Gasteiger partial charge in [0, 0.05) is 6.54 Å². The number of guanidine groups is 1. The first-order chi connectivity index (χ1) is 22.9. The number of nitrogens with one attached hydrogen (secondary N) is 6. The second-order valence-corrected chi connectivity index (χ2v) is 11.3. The van der Waals surface area contributed by atoms with E-state index in [-0.39, 0.29) is 37.7 Å². The van der Waals surface area contributed by atoms with Crippen molar-refractivity contribution < 1.29 is 59.1 Å². The molecule has 0 rings (SSSR count). The maximum absolute atomic E-state index is 13.1. The fraction of sp³-hybridized carbons (Fsp3) is 0.704. The topological polar surface area (TPSA) is 383 Å². The molecule has 0 unspecified atom stereocenters. The number of hydrogen-bond donors (Lipinski definition) is 14. The van der Waals surface area contributed by atoms with Crippen molar-refractivity contribution in [1.29, 1.82) is 0 Å². The Balaban J connectivity index is 5.39. The maximum Gasteiger partial charge on any atom is 0.326 e. The van der Waals surface area contributed by atoms with Crippen molar-refractivity contribution in [3.8, 4) is 0 Å². The van der Waals surface area contributed by atoms with E-state index in [0.717, 1.165) is 0 Å². The van der Waals surface area contributed by atoms with Crippen LogP contribution in [0.25, 0.3) is 0 Å². The van der Waals surface area contributed by atoms with Crippen molar-refractivity contribution in [3.05, 3.63) is 0 Å². The summed E-state index contributed by atoms with van der Waals surface area (Å²) < 4.78 is 0. The van der Waals surface area contributed by atoms with E-state index in [1.54, 1.807) is 13.8 Å². The first-order valence-corrected chi connectivity index (χ1v) is 15.2. The van der Waals surface area contributed by atoms with Gasteiger partial charge in [0.2, 0.25) is 35.4 Å². The molecule has 0 aromatic heterocycles. The number of carbonyl (C=O) groups excluding carboxylic acids is 6. The van der Waals surface area contributed by atoms with E-state index < -0.39 is 110 Å². The van der Waals surface area contributed by atoms with E-state index in [1.807, 2.05) is 0 Å². The third kappa shape index (κ3) is 17.4. The summed E-state index contributed by atoms with van der Waals surface area (Å²) in [6.07, 6.45) is -1.16. The van der Waals surface area contributed by atoms with Crippen LogP contribution in [0.2, 0.25) is 0 Å². The van der Waals surface area contributed by atoms with Gasteiger partial charge in [-0.15, -0.1) is 0 Å². The van der Waals surface area contributed by atoms with Crippen molar-refractivity contribution in [2.24, 2.45) is 28.1 Å². The summed E-state index contributed by atoms with van der Waals surface area (Å²) in [6.45, 7) is 1.20. The number of aliphatic carboxylic acids is 1. The van der Waals surface area contributed by atoms with Crippen LogP contribution in [0, 0.1) is 5.92 Å². The maximum atomic E-state index is 13.1. The molecular weight excluding hydrogens is 656 g/mol. The molecule has 17 N–H and O–H groups in total. The number of rotatable bonds is 23. The van der Waals surface area contributed by atoms with Gasteiger partial charge < -0.3 is 74.6 Å². The zero-order valence-electron chi connectivity index (χ0n) is 27.5. The van der Waals surface area contributed by atoms with Crippen LogP contribution in [0.3, 0.4) is 0 Å². The van der Waals surface area contributed by atoms with Crippen LogP contribution in [0.15, 0.2) is 4.99 Å². The quantitative estimate of drug-likeness (QED) is 0.0266. The van der Waals surface area contributed by atoms with Crippen molar-refractivity contribution in [2.75, 3.05) is 32.9 Å². The van der Waals surface area contributed by atoms with Gasteiger partial charge in [-0.3, -0.25) is 33.8 Å². The van der Waals surface area contributed by atoms with Crippen LogP contribution in [-0.4, -0.2) is 148 Å². The largest absolute Gasteiger partial charge is 0.480 e. The Hall–Kier alpha value is -4.64. The highest BCUT2D eigenvalue weighted by Gasteiger charge is 2.32. The number of amides is 6. The van der Waals surface area contributed by atoms with E-state index in [2.05, 4.69) is 36.9 Å². The Morgan fingerprint density at radius 1 is 0.673 bits per heavy atom. The van der Waals surface area contributed by atoms with Crippen LogP contribution in [0.4, 0.5) is 0 Å². The molecule has 0 aromatic carbocycles. The predicted octanol–water partition coefficient (Wildman–Crippen LogP) is -7.60. The van der Waals surface area contributed by atoms with Gasteiger partial charge in [0.1, 0.15) is 36.3 Å². The minimum atomic E-state index is -1.63. The Morgan fingerprint density at radius 3 is 1.59 bits per heavy atom. The Morgan fingerprint density at radius 2 is 1.12 bits per heavy atom. The van der Waals surface area contributed by atoms with Crippen LogP contribution in [-0.2, 0) is 33.6 Å². The number of aliphatic hydroxyl groups excluding tert-OH is 4. The molecule has 6 amide bonds. The second-order valence-electron chi connectivity index (χ2n) is 11.3. The highest BCUT2D eigenvalue weighted by atomic mass is 16.4.